The summed E-state index contributed by atoms with van der Waals surface area (Å²) in [4.78, 5) is 24.7. The van der Waals surface area contributed by atoms with Gasteiger partial charge in [-0.15, -0.1) is 0 Å². The zero-order valence-corrected chi connectivity index (χ0v) is 15.7. The number of methoxy groups -OCH3 is 1. The molecule has 1 aromatic heterocycles. The lowest BCUT2D eigenvalue weighted by Gasteiger charge is -2.39. The number of nitrogens with one attached hydrogen (secondary N) is 1. The maximum Gasteiger partial charge on any atom is 0.258 e. The first-order chi connectivity index (χ1) is 13.2. The van der Waals surface area contributed by atoms with Gasteiger partial charge >= 0.3 is 0 Å². The van der Waals surface area contributed by atoms with E-state index in [1.165, 1.54) is 0 Å². The molecule has 2 aromatic carbocycles. The average molecular weight is 364 g/mol. The molecule has 1 fully saturated rings. The number of aromatic nitrogens is 2. The van der Waals surface area contributed by atoms with Gasteiger partial charge in [-0.2, -0.15) is 0 Å². The minimum atomic E-state index is -0.0740. The van der Waals surface area contributed by atoms with Crippen molar-refractivity contribution in [2.45, 2.75) is 13.0 Å². The maximum absolute atomic E-state index is 12.4. The molecular weight excluding hydrogens is 340 g/mol. The van der Waals surface area contributed by atoms with E-state index in [0.717, 1.165) is 49.0 Å². The quantitative estimate of drug-likeness (QED) is 0.771. The van der Waals surface area contributed by atoms with Gasteiger partial charge in [0.05, 0.1) is 29.7 Å². The van der Waals surface area contributed by atoms with Gasteiger partial charge in [0.15, 0.2) is 0 Å². The monoisotopic (exact) mass is 364 g/mol. The van der Waals surface area contributed by atoms with Crippen LogP contribution >= 0.6 is 0 Å². The first kappa shape index (κ1) is 17.5. The topological polar surface area (TPSA) is 61.5 Å². The number of anilines is 1. The lowest BCUT2D eigenvalue weighted by atomic mass is 10.1. The molecule has 0 spiro atoms. The largest absolute Gasteiger partial charge is 0.495 e. The summed E-state index contributed by atoms with van der Waals surface area (Å²) < 4.78 is 5.49. The number of hydrogen-bond acceptors (Lipinski definition) is 5. The second-order valence-corrected chi connectivity index (χ2v) is 6.84. The van der Waals surface area contributed by atoms with E-state index in [4.69, 9.17) is 4.74 Å². The molecule has 6 nitrogen and oxygen atoms in total. The number of piperazine rings is 1. The zero-order chi connectivity index (χ0) is 18.8. The fraction of sp³-hybridized carbons (Fsp3) is 0.333. The van der Waals surface area contributed by atoms with Gasteiger partial charge in [-0.05, 0) is 31.2 Å². The van der Waals surface area contributed by atoms with Crippen molar-refractivity contribution in [2.75, 3.05) is 38.2 Å². The van der Waals surface area contributed by atoms with Crippen LogP contribution < -0.4 is 15.2 Å². The molecule has 6 heteroatoms. The summed E-state index contributed by atoms with van der Waals surface area (Å²) in [5, 5.41) is 0.634. The third-order valence-corrected chi connectivity index (χ3v) is 5.31. The second kappa shape index (κ2) is 7.40. The van der Waals surface area contributed by atoms with E-state index < -0.39 is 0 Å². The minimum Gasteiger partial charge on any atom is -0.495 e. The Morgan fingerprint density at radius 1 is 1.04 bits per heavy atom. The van der Waals surface area contributed by atoms with Crippen molar-refractivity contribution in [1.29, 1.82) is 0 Å². The number of nitrogens with zero attached hydrogens (tertiary/aromatic N) is 3. The normalized spacial score (nSPS) is 16.4. The van der Waals surface area contributed by atoms with Crippen LogP contribution in [0.4, 0.5) is 5.69 Å². The van der Waals surface area contributed by atoms with Gasteiger partial charge in [-0.1, -0.05) is 24.3 Å². The Hall–Kier alpha value is -2.86. The molecule has 3 aromatic rings. The zero-order valence-electron chi connectivity index (χ0n) is 15.7. The molecule has 2 heterocycles. The van der Waals surface area contributed by atoms with Crippen molar-refractivity contribution in [2.24, 2.45) is 0 Å². The van der Waals surface area contributed by atoms with Crippen LogP contribution in [0.5, 0.6) is 5.75 Å². The van der Waals surface area contributed by atoms with Crippen molar-refractivity contribution < 1.29 is 4.74 Å². The molecule has 0 amide bonds. The standard InChI is InChI=1S/C21H24N4O2/c1-15(20-22-17-8-4-3-7-16(17)21(26)23-20)24-11-13-25(14-12-24)18-9-5-6-10-19(18)27-2/h3-10,15H,11-14H2,1-2H3,(H,22,23,26). The Morgan fingerprint density at radius 2 is 1.74 bits per heavy atom. The molecule has 27 heavy (non-hydrogen) atoms. The van der Waals surface area contributed by atoms with Crippen molar-refractivity contribution in [3.63, 3.8) is 0 Å². The van der Waals surface area contributed by atoms with Gasteiger partial charge in [-0.3, -0.25) is 9.69 Å². The van der Waals surface area contributed by atoms with E-state index in [1.807, 2.05) is 42.5 Å². The van der Waals surface area contributed by atoms with E-state index in [9.17, 15) is 4.79 Å². The molecule has 0 aliphatic carbocycles. The fourth-order valence-corrected chi connectivity index (χ4v) is 3.72. The van der Waals surface area contributed by atoms with Crippen LogP contribution in [-0.4, -0.2) is 48.2 Å². The molecule has 1 unspecified atom stereocenters. The van der Waals surface area contributed by atoms with Gasteiger partial charge in [0.2, 0.25) is 0 Å². The SMILES string of the molecule is COc1ccccc1N1CCN(C(C)c2nc3ccccc3c(=O)[nH]2)CC1. The number of para-hydroxylation sites is 3. The Bertz CT molecular complexity index is 993. The van der Waals surface area contributed by atoms with E-state index in [0.29, 0.717) is 5.39 Å². The average Bonchev–Trinajstić information content (AvgIpc) is 2.73. The first-order valence-electron chi connectivity index (χ1n) is 9.28. The number of H-pyrrole nitrogens is 1. The van der Waals surface area contributed by atoms with Gasteiger partial charge in [0.25, 0.3) is 5.56 Å². The summed E-state index contributed by atoms with van der Waals surface area (Å²) in [7, 11) is 1.71. The van der Waals surface area contributed by atoms with Crippen LogP contribution in [0.1, 0.15) is 18.8 Å². The van der Waals surface area contributed by atoms with E-state index >= 15 is 0 Å². The number of fused-ring (bicyclic) bond motifs is 1. The summed E-state index contributed by atoms with van der Waals surface area (Å²) in [6.07, 6.45) is 0. The molecule has 0 bridgehead atoms. The molecule has 1 aliphatic rings. The van der Waals surface area contributed by atoms with Gasteiger partial charge < -0.3 is 14.6 Å². The molecule has 0 radical (unpaired) electrons. The van der Waals surface area contributed by atoms with E-state index in [-0.39, 0.29) is 11.6 Å². The van der Waals surface area contributed by atoms with Crippen LogP contribution in [0, 0.1) is 0 Å². The van der Waals surface area contributed by atoms with Crippen LogP contribution in [-0.2, 0) is 0 Å². The van der Waals surface area contributed by atoms with E-state index in [2.05, 4.69) is 32.8 Å². The number of benzene rings is 2. The Morgan fingerprint density at radius 3 is 2.52 bits per heavy atom. The van der Waals surface area contributed by atoms with Crippen molar-refractivity contribution >= 4 is 16.6 Å². The van der Waals surface area contributed by atoms with Crippen LogP contribution in [0.25, 0.3) is 10.9 Å². The molecule has 0 saturated carbocycles. The molecule has 1 aliphatic heterocycles. The Kier molecular flexibility index (Phi) is 4.81. The summed E-state index contributed by atoms with van der Waals surface area (Å²) >= 11 is 0. The second-order valence-electron chi connectivity index (χ2n) is 6.84. The lowest BCUT2D eigenvalue weighted by Crippen LogP contribution is -2.47. The summed E-state index contributed by atoms with van der Waals surface area (Å²) in [5.41, 5.74) is 1.80. The highest BCUT2D eigenvalue weighted by molar-refractivity contribution is 5.77. The number of rotatable bonds is 4. The Balaban J connectivity index is 1.50. The van der Waals surface area contributed by atoms with Crippen LogP contribution in [0.3, 0.4) is 0 Å². The fourth-order valence-electron chi connectivity index (χ4n) is 3.72. The third-order valence-electron chi connectivity index (χ3n) is 5.31. The van der Waals surface area contributed by atoms with Crippen LogP contribution in [0.2, 0.25) is 0 Å². The van der Waals surface area contributed by atoms with E-state index in [1.54, 1.807) is 7.11 Å². The lowest BCUT2D eigenvalue weighted by molar-refractivity contribution is 0.191. The number of aromatic amines is 1. The highest BCUT2D eigenvalue weighted by atomic mass is 16.5. The highest BCUT2D eigenvalue weighted by Gasteiger charge is 2.25. The van der Waals surface area contributed by atoms with Crippen LogP contribution in [0.15, 0.2) is 53.3 Å². The predicted molar refractivity (Wildman–Crippen MR) is 108 cm³/mol. The van der Waals surface area contributed by atoms with Crippen molar-refractivity contribution in [1.82, 2.24) is 14.9 Å². The predicted octanol–water partition coefficient (Wildman–Crippen LogP) is 2.81. The van der Waals surface area contributed by atoms with Crippen molar-refractivity contribution in [3.8, 4) is 5.75 Å². The highest BCUT2D eigenvalue weighted by Crippen LogP contribution is 2.29. The Labute approximate surface area is 158 Å². The summed E-state index contributed by atoms with van der Waals surface area (Å²) in [6.45, 7) is 5.71. The van der Waals surface area contributed by atoms with Gasteiger partial charge in [0, 0.05) is 26.2 Å². The summed E-state index contributed by atoms with van der Waals surface area (Å²) in [6, 6.07) is 15.6. The van der Waals surface area contributed by atoms with Crippen molar-refractivity contribution in [3.05, 3.63) is 64.7 Å². The third kappa shape index (κ3) is 3.40. The summed E-state index contributed by atoms with van der Waals surface area (Å²) in [5.74, 6) is 1.63. The number of ether oxygens (including phenoxy) is 1. The minimum absolute atomic E-state index is 0.0575. The molecule has 140 valence electrons. The molecule has 1 saturated heterocycles. The molecule has 1 N–H and O–H groups in total. The van der Waals surface area contributed by atoms with Gasteiger partial charge in [-0.25, -0.2) is 4.98 Å². The number of hydrogen-bond donors (Lipinski definition) is 1. The molecule has 4 rings (SSSR count). The smallest absolute Gasteiger partial charge is 0.258 e. The first-order valence-corrected chi connectivity index (χ1v) is 9.28. The molecular formula is C21H24N4O2. The maximum atomic E-state index is 12.4. The molecule has 1 atom stereocenters. The van der Waals surface area contributed by atoms with Gasteiger partial charge in [0.1, 0.15) is 11.6 Å².